The number of ketones is 1. The molecule has 0 spiro atoms. The molecule has 2 N–H and O–H groups in total. The zero-order valence-electron chi connectivity index (χ0n) is 14.9. The Kier molecular flexibility index (Phi) is 4.89. The molecule has 1 unspecified atom stereocenters. The number of ether oxygens (including phenoxy) is 1. The number of fused-ring (bicyclic) bond motifs is 1. The van der Waals surface area contributed by atoms with Gasteiger partial charge in [0.25, 0.3) is 5.78 Å². The van der Waals surface area contributed by atoms with Gasteiger partial charge < -0.3 is 10.5 Å². The van der Waals surface area contributed by atoms with Gasteiger partial charge in [-0.15, -0.1) is 0 Å². The molecule has 2 aromatic rings. The van der Waals surface area contributed by atoms with Crippen molar-refractivity contribution in [3.63, 3.8) is 0 Å². The topological polar surface area (TPSA) is 112 Å². The molecule has 0 amide bonds. The standard InChI is InChI=1S/C18H21N5O3/c1-3-26-16(25)18(10-6-8-14(18)24)9-5-4-7-13-12(2)22-17-20-11-21-23(17)15(13)19/h11H,3,5-6,8-10,19H2,1-2H3. The molecule has 0 aliphatic heterocycles. The van der Waals surface area contributed by atoms with Gasteiger partial charge in [0.2, 0.25) is 0 Å². The number of nitrogen functional groups attached to an aromatic ring is 1. The highest BCUT2D eigenvalue weighted by Gasteiger charge is 2.49. The summed E-state index contributed by atoms with van der Waals surface area (Å²) in [5.74, 6) is 6.34. The molecule has 26 heavy (non-hydrogen) atoms. The summed E-state index contributed by atoms with van der Waals surface area (Å²) in [6.07, 6.45) is 3.79. The molecule has 136 valence electrons. The molecular weight excluding hydrogens is 334 g/mol. The van der Waals surface area contributed by atoms with Gasteiger partial charge in [-0.05, 0) is 33.1 Å². The van der Waals surface area contributed by atoms with Crippen LogP contribution >= 0.6 is 0 Å². The van der Waals surface area contributed by atoms with Crippen LogP contribution in [0.3, 0.4) is 0 Å². The fourth-order valence-electron chi connectivity index (χ4n) is 3.34. The Morgan fingerprint density at radius 1 is 1.50 bits per heavy atom. The molecule has 0 bridgehead atoms. The predicted molar refractivity (Wildman–Crippen MR) is 94.0 cm³/mol. The molecule has 8 heteroatoms. The van der Waals surface area contributed by atoms with Gasteiger partial charge in [0, 0.05) is 12.8 Å². The van der Waals surface area contributed by atoms with Crippen LogP contribution in [-0.2, 0) is 14.3 Å². The third-order valence-corrected chi connectivity index (χ3v) is 4.74. The minimum Gasteiger partial charge on any atom is -0.465 e. The van der Waals surface area contributed by atoms with Crippen LogP contribution in [0.2, 0.25) is 0 Å². The number of anilines is 1. The number of aryl methyl sites for hydroxylation is 1. The van der Waals surface area contributed by atoms with Crippen molar-refractivity contribution in [2.45, 2.75) is 46.0 Å². The molecule has 8 nitrogen and oxygen atoms in total. The summed E-state index contributed by atoms with van der Waals surface area (Å²) in [6, 6.07) is 0. The van der Waals surface area contributed by atoms with Gasteiger partial charge in [0.1, 0.15) is 23.3 Å². The maximum Gasteiger partial charge on any atom is 0.319 e. The van der Waals surface area contributed by atoms with Crippen molar-refractivity contribution in [2.24, 2.45) is 5.41 Å². The van der Waals surface area contributed by atoms with E-state index in [1.165, 1.54) is 10.8 Å². The fraction of sp³-hybridized carbons (Fsp3) is 0.500. The number of aromatic nitrogens is 4. The lowest BCUT2D eigenvalue weighted by molar-refractivity contribution is -0.159. The van der Waals surface area contributed by atoms with Crippen LogP contribution in [0.5, 0.6) is 0 Å². The van der Waals surface area contributed by atoms with E-state index in [1.807, 2.05) is 0 Å². The number of carbonyl (C=O) groups is 2. The quantitative estimate of drug-likeness (QED) is 0.502. The minimum absolute atomic E-state index is 0.0425. The summed E-state index contributed by atoms with van der Waals surface area (Å²) in [7, 11) is 0. The fourth-order valence-corrected chi connectivity index (χ4v) is 3.34. The first-order valence-corrected chi connectivity index (χ1v) is 8.65. The third kappa shape index (κ3) is 3.01. The molecule has 1 saturated carbocycles. The Balaban J connectivity index is 1.79. The normalized spacial score (nSPS) is 19.4. The van der Waals surface area contributed by atoms with Crippen LogP contribution in [0.15, 0.2) is 6.33 Å². The molecule has 2 heterocycles. The van der Waals surface area contributed by atoms with Crippen LogP contribution in [0.25, 0.3) is 5.78 Å². The molecule has 0 aromatic carbocycles. The molecule has 3 rings (SSSR count). The summed E-state index contributed by atoms with van der Waals surface area (Å²) in [5.41, 5.74) is 6.29. The molecule has 1 aliphatic rings. The predicted octanol–water partition coefficient (Wildman–Crippen LogP) is 1.45. The molecule has 1 atom stereocenters. The van der Waals surface area contributed by atoms with Gasteiger partial charge in [-0.1, -0.05) is 11.8 Å². The summed E-state index contributed by atoms with van der Waals surface area (Å²) in [5, 5.41) is 4.02. The van der Waals surface area contributed by atoms with Gasteiger partial charge in [0.05, 0.1) is 17.9 Å². The van der Waals surface area contributed by atoms with Crippen LogP contribution in [0, 0.1) is 24.2 Å². The first-order chi connectivity index (χ1) is 12.5. The van der Waals surface area contributed by atoms with Crippen molar-refractivity contribution in [1.29, 1.82) is 0 Å². The number of Topliss-reactive ketones (excluding diaryl/α,β-unsaturated/α-hetero) is 1. The minimum atomic E-state index is -1.04. The van der Waals surface area contributed by atoms with E-state index in [9.17, 15) is 9.59 Å². The van der Waals surface area contributed by atoms with Crippen LogP contribution in [0.4, 0.5) is 5.82 Å². The van der Waals surface area contributed by atoms with Gasteiger partial charge in [-0.3, -0.25) is 9.59 Å². The number of hydrogen-bond acceptors (Lipinski definition) is 7. The highest BCUT2D eigenvalue weighted by atomic mass is 16.5. The van der Waals surface area contributed by atoms with E-state index in [2.05, 4.69) is 26.9 Å². The molecular formula is C18H21N5O3. The van der Waals surface area contributed by atoms with E-state index in [0.717, 1.165) is 0 Å². The monoisotopic (exact) mass is 355 g/mol. The second kappa shape index (κ2) is 7.12. The first-order valence-electron chi connectivity index (χ1n) is 8.65. The number of nitrogens with zero attached hydrogens (tertiary/aromatic N) is 4. The first kappa shape index (κ1) is 17.9. The molecule has 0 radical (unpaired) electrons. The summed E-state index contributed by atoms with van der Waals surface area (Å²) in [4.78, 5) is 32.9. The SMILES string of the molecule is CCOC(=O)C1(CCC#Cc2c(C)nc3ncnn3c2N)CCCC1=O. The number of rotatable bonds is 4. The maximum atomic E-state index is 12.3. The van der Waals surface area contributed by atoms with Gasteiger partial charge >= 0.3 is 5.97 Å². The average molecular weight is 355 g/mol. The number of esters is 1. The summed E-state index contributed by atoms with van der Waals surface area (Å²) in [6.45, 7) is 3.80. The molecule has 2 aromatic heterocycles. The highest BCUT2D eigenvalue weighted by Crippen LogP contribution is 2.40. The molecule has 1 fully saturated rings. The van der Waals surface area contributed by atoms with E-state index < -0.39 is 11.4 Å². The van der Waals surface area contributed by atoms with E-state index >= 15 is 0 Å². The summed E-state index contributed by atoms with van der Waals surface area (Å²) < 4.78 is 6.56. The van der Waals surface area contributed by atoms with Gasteiger partial charge in [-0.25, -0.2) is 4.98 Å². The zero-order chi connectivity index (χ0) is 18.7. The molecule has 0 saturated heterocycles. The van der Waals surface area contributed by atoms with Crippen molar-refractivity contribution in [3.05, 3.63) is 17.6 Å². The van der Waals surface area contributed by atoms with Crippen molar-refractivity contribution in [3.8, 4) is 11.8 Å². The van der Waals surface area contributed by atoms with Crippen LogP contribution in [0.1, 0.15) is 50.3 Å². The zero-order valence-corrected chi connectivity index (χ0v) is 14.9. The lowest BCUT2D eigenvalue weighted by atomic mass is 9.80. The van der Waals surface area contributed by atoms with Crippen molar-refractivity contribution in [1.82, 2.24) is 19.6 Å². The average Bonchev–Trinajstić information content (AvgIpc) is 3.21. The Morgan fingerprint density at radius 3 is 3.00 bits per heavy atom. The third-order valence-electron chi connectivity index (χ3n) is 4.74. The summed E-state index contributed by atoms with van der Waals surface area (Å²) >= 11 is 0. The Hall–Kier alpha value is -2.95. The molecule has 1 aliphatic carbocycles. The van der Waals surface area contributed by atoms with E-state index in [1.54, 1.807) is 13.8 Å². The second-order valence-corrected chi connectivity index (χ2v) is 6.31. The smallest absolute Gasteiger partial charge is 0.319 e. The van der Waals surface area contributed by atoms with Gasteiger partial charge in [-0.2, -0.15) is 14.6 Å². The lowest BCUT2D eigenvalue weighted by Crippen LogP contribution is -2.36. The number of nitrogens with two attached hydrogens (primary N) is 1. The Labute approximate surface area is 151 Å². The second-order valence-electron chi connectivity index (χ2n) is 6.31. The van der Waals surface area contributed by atoms with E-state index in [4.69, 9.17) is 10.5 Å². The largest absolute Gasteiger partial charge is 0.465 e. The lowest BCUT2D eigenvalue weighted by Gasteiger charge is -2.23. The van der Waals surface area contributed by atoms with E-state index in [-0.39, 0.29) is 12.4 Å². The van der Waals surface area contributed by atoms with Gasteiger partial charge in [0.15, 0.2) is 0 Å². The number of hydrogen-bond donors (Lipinski definition) is 1. The highest BCUT2D eigenvalue weighted by molar-refractivity contribution is 6.05. The van der Waals surface area contributed by atoms with Crippen molar-refractivity contribution in [2.75, 3.05) is 12.3 Å². The van der Waals surface area contributed by atoms with Crippen molar-refractivity contribution >= 4 is 23.3 Å². The van der Waals surface area contributed by atoms with Crippen LogP contribution in [-0.4, -0.2) is 37.9 Å². The van der Waals surface area contributed by atoms with Crippen molar-refractivity contribution < 1.29 is 14.3 Å². The Bertz CT molecular complexity index is 924. The Morgan fingerprint density at radius 2 is 2.31 bits per heavy atom. The maximum absolute atomic E-state index is 12.3. The van der Waals surface area contributed by atoms with E-state index in [0.29, 0.717) is 55.0 Å². The van der Waals surface area contributed by atoms with Crippen LogP contribution < -0.4 is 5.73 Å². The number of carbonyl (C=O) groups excluding carboxylic acids is 2.